The lowest BCUT2D eigenvalue weighted by Gasteiger charge is -2.31. The highest BCUT2D eigenvalue weighted by atomic mass is 16.4. The van der Waals surface area contributed by atoms with E-state index in [9.17, 15) is 122 Å². The number of hydrogen-bond acceptors (Lipinski definition) is 24. The highest BCUT2D eigenvalue weighted by molar-refractivity contribution is 6.01. The lowest BCUT2D eigenvalue weighted by atomic mass is 10.0. The largest absolute Gasteiger partial charge is 0.481 e. The summed E-state index contributed by atoms with van der Waals surface area (Å²) in [6, 6.07) is -5.49. The Balaban J connectivity index is 1.47. The monoisotopic (exact) mass is 1640 g/mol. The van der Waals surface area contributed by atoms with Crippen LogP contribution < -0.4 is 86.3 Å². The number of primary amides is 1. The number of unbranched alkanes of at least 4 members (excludes halogenated alkanes) is 1. The SMILES string of the molecule is CC(C)C[C@H](NC(=O)[C@H](CCCCN)NC(=O)[C@@H](NC(=O)CNC(=O)CNC(=O)CNC(=O)[C@H](Cc1ccccc1)NC(=O)[C@@H](NC(=O)[C@H](Cc1c[nH]c2ccccc12)NC(=O)[C@@H]1CCCN1C(=O)[C@H](CC(=O)O)NC(=O)[C@H](CCC(=O)O)NC(=O)[C@H](CC(N)=O)NC(=O)[C@@H](N)CO)[C@@H](C)O)[C@@H](C)O)C(=O)N[C@@H](CCC(=O)O)C(=O)O. The number of amides is 15. The summed E-state index contributed by atoms with van der Waals surface area (Å²) < 4.78 is 0. The summed E-state index contributed by atoms with van der Waals surface area (Å²) in [5.74, 6) is -22.7. The molecule has 0 radical (unpaired) electrons. The Kier molecular flexibility index (Phi) is 39.8. The van der Waals surface area contributed by atoms with Crippen LogP contribution in [-0.4, -0.2) is 282 Å². The first-order chi connectivity index (χ1) is 54.7. The molecule has 0 saturated carbocycles. The van der Waals surface area contributed by atoms with Crippen molar-refractivity contribution in [1.29, 1.82) is 0 Å². The van der Waals surface area contributed by atoms with Gasteiger partial charge in [0.25, 0.3) is 0 Å². The van der Waals surface area contributed by atoms with Crippen molar-refractivity contribution in [2.75, 3.05) is 39.3 Å². The van der Waals surface area contributed by atoms with Gasteiger partial charge in [0.05, 0.1) is 51.3 Å². The zero-order valence-corrected chi connectivity index (χ0v) is 64.1. The van der Waals surface area contributed by atoms with Crippen LogP contribution in [0.2, 0.25) is 0 Å². The van der Waals surface area contributed by atoms with Crippen LogP contribution in [0.15, 0.2) is 60.8 Å². The van der Waals surface area contributed by atoms with Gasteiger partial charge in [0.2, 0.25) is 88.6 Å². The molecule has 27 N–H and O–H groups in total. The molecule has 4 rings (SSSR count). The van der Waals surface area contributed by atoms with E-state index in [1.165, 1.54) is 6.20 Å². The van der Waals surface area contributed by atoms with Crippen molar-refractivity contribution >= 4 is 123 Å². The molecule has 1 aliphatic rings. The van der Waals surface area contributed by atoms with Gasteiger partial charge in [0.1, 0.15) is 72.5 Å². The van der Waals surface area contributed by atoms with Crippen LogP contribution in [-0.2, 0) is 104 Å². The molecule has 15 amide bonds. The van der Waals surface area contributed by atoms with Crippen LogP contribution >= 0.6 is 0 Å². The Bertz CT molecular complexity index is 3990. The fraction of sp³-hybridized carbons (Fsp3) is 0.542. The third-order valence-corrected chi connectivity index (χ3v) is 18.0. The standard InChI is InChI=1S/C72H104N18O26/c1-35(2)25-46(65(108)82-45(72(115)116)20-22-57(100)101)84-63(106)43(17-10-11-23-73)81-69(112)59(36(3)92)88-55(97)33-78-53(95)31-77-54(96)32-79-62(105)47(26-38-13-6-5-7-14-38)86-70(113)60(37(4)93)89-67(110)48(27-39-30-76-42-16-9-8-15-40(39)42)85-68(111)51-18-12-24-90(51)71(114)50(29-58(102)103)87-64(107)44(19-21-56(98)99)80-66(109)49(28-52(75)94)83-61(104)41(74)34-91/h5-9,13-16,30,35-37,41,43-51,59-60,76,91-93H,10-12,17-29,31-34,73-74H2,1-4H3,(H2,75,94)(H,77,96)(H,78,95)(H,79,105)(H,80,109)(H,81,112)(H,82,108)(H,83,104)(H,84,106)(H,85,111)(H,86,113)(H,87,107)(H,88,97)(H,89,110)(H,98,99)(H,100,101)(H,102,103)(H,115,116)/t36-,37-,41+,43+,44+,45+,46+,47+,48+,49+,50+,51+,59+,60+/m1/s1. The maximum atomic E-state index is 14.7. The quantitative estimate of drug-likeness (QED) is 0.0233. The molecule has 0 spiro atoms. The van der Waals surface area contributed by atoms with Gasteiger partial charge in [-0.15, -0.1) is 0 Å². The van der Waals surface area contributed by atoms with Gasteiger partial charge in [0.15, 0.2) is 0 Å². The van der Waals surface area contributed by atoms with Gasteiger partial charge in [-0.1, -0.05) is 62.4 Å². The lowest BCUT2D eigenvalue weighted by molar-refractivity contribution is -0.146. The number of para-hydroxylation sites is 1. The number of carboxylic acid groups (broad SMARTS) is 4. The number of aliphatic carboxylic acids is 4. The van der Waals surface area contributed by atoms with Gasteiger partial charge in [-0.2, -0.15) is 0 Å². The van der Waals surface area contributed by atoms with E-state index in [1.807, 2.05) is 0 Å². The second-order valence-corrected chi connectivity index (χ2v) is 27.9. The van der Waals surface area contributed by atoms with Crippen molar-refractivity contribution in [3.8, 4) is 0 Å². The molecule has 1 aromatic heterocycles. The second-order valence-electron chi connectivity index (χ2n) is 27.9. The van der Waals surface area contributed by atoms with Crippen LogP contribution in [0.3, 0.4) is 0 Å². The number of aromatic nitrogens is 1. The third kappa shape index (κ3) is 32.7. The number of carboxylic acids is 4. The molecule has 2 heterocycles. The van der Waals surface area contributed by atoms with E-state index in [4.69, 9.17) is 22.3 Å². The first-order valence-electron chi connectivity index (χ1n) is 37.1. The molecule has 0 aliphatic carbocycles. The number of likely N-dealkylation sites (tertiary alicyclic amines) is 1. The lowest BCUT2D eigenvalue weighted by Crippen LogP contribution is -2.62. The number of carbonyl (C=O) groups is 19. The number of benzene rings is 2. The highest BCUT2D eigenvalue weighted by Crippen LogP contribution is 2.23. The normalized spacial score (nSPS) is 15.8. The molecular weight excluding hydrogens is 1530 g/mol. The number of nitrogens with two attached hydrogens (primary N) is 3. The van der Waals surface area contributed by atoms with E-state index in [-0.39, 0.29) is 64.0 Å². The maximum absolute atomic E-state index is 14.7. The molecule has 0 unspecified atom stereocenters. The number of aromatic amines is 1. The fourth-order valence-corrected chi connectivity index (χ4v) is 11.9. The number of nitrogens with zero attached hydrogens (tertiary/aromatic N) is 1. The topological polar surface area (TPSA) is 719 Å². The molecule has 1 fully saturated rings. The van der Waals surface area contributed by atoms with Gasteiger partial charge < -0.3 is 132 Å². The summed E-state index contributed by atoms with van der Waals surface area (Å²) in [4.78, 5) is 255. The molecule has 14 atom stereocenters. The molecule has 116 heavy (non-hydrogen) atoms. The number of H-pyrrole nitrogens is 1. The van der Waals surface area contributed by atoms with Crippen LogP contribution in [0.5, 0.6) is 0 Å². The first-order valence-corrected chi connectivity index (χ1v) is 37.1. The number of aliphatic hydroxyl groups is 3. The molecule has 44 heteroatoms. The minimum absolute atomic E-state index is 0.0304. The van der Waals surface area contributed by atoms with Gasteiger partial charge in [-0.05, 0) is 94.9 Å². The summed E-state index contributed by atoms with van der Waals surface area (Å²) in [5.41, 5.74) is 17.9. The Labute approximate surface area is 663 Å². The number of aliphatic hydroxyl groups excluding tert-OH is 3. The van der Waals surface area contributed by atoms with E-state index < -0.39 is 262 Å². The predicted molar refractivity (Wildman–Crippen MR) is 403 cm³/mol. The van der Waals surface area contributed by atoms with Gasteiger partial charge in [0, 0.05) is 49.3 Å². The number of hydrogen-bond donors (Lipinski definition) is 24. The molecule has 0 bridgehead atoms. The molecular formula is C72H104N18O26. The molecule has 2 aromatic carbocycles. The van der Waals surface area contributed by atoms with Gasteiger partial charge in [-0.3, -0.25) is 86.3 Å². The van der Waals surface area contributed by atoms with Crippen LogP contribution in [0, 0.1) is 5.92 Å². The van der Waals surface area contributed by atoms with Crippen molar-refractivity contribution < 1.29 is 127 Å². The Morgan fingerprint density at radius 3 is 1.56 bits per heavy atom. The first kappa shape index (κ1) is 96.1. The number of rotatable bonds is 51. The van der Waals surface area contributed by atoms with E-state index in [0.29, 0.717) is 28.5 Å². The van der Waals surface area contributed by atoms with Crippen molar-refractivity contribution in [3.05, 3.63) is 71.9 Å². The number of fused-ring (bicyclic) bond motifs is 1. The molecule has 1 saturated heterocycles. The van der Waals surface area contributed by atoms with Crippen molar-refractivity contribution in [2.24, 2.45) is 23.1 Å². The third-order valence-electron chi connectivity index (χ3n) is 18.0. The average Bonchev–Trinajstić information content (AvgIpc) is 1.85. The summed E-state index contributed by atoms with van der Waals surface area (Å²) in [7, 11) is 0. The molecule has 44 nitrogen and oxygen atoms in total. The van der Waals surface area contributed by atoms with Gasteiger partial charge >= 0.3 is 23.9 Å². The number of carbonyl (C=O) groups excluding carboxylic acids is 15. The van der Waals surface area contributed by atoms with Crippen molar-refractivity contribution in [3.63, 3.8) is 0 Å². The average molecular weight is 1640 g/mol. The summed E-state index contributed by atoms with van der Waals surface area (Å²) >= 11 is 0. The number of nitrogens with one attached hydrogen (secondary N) is 14. The minimum atomic E-state index is -2.04. The Hall–Kier alpha value is -12.3. The highest BCUT2D eigenvalue weighted by Gasteiger charge is 2.43. The predicted octanol–water partition coefficient (Wildman–Crippen LogP) is -8.44. The minimum Gasteiger partial charge on any atom is -0.481 e. The Morgan fingerprint density at radius 2 is 0.991 bits per heavy atom. The van der Waals surface area contributed by atoms with E-state index >= 15 is 0 Å². The van der Waals surface area contributed by atoms with Gasteiger partial charge in [-0.25, -0.2) is 4.79 Å². The van der Waals surface area contributed by atoms with Crippen molar-refractivity contribution in [1.82, 2.24) is 79.0 Å². The summed E-state index contributed by atoms with van der Waals surface area (Å²) in [6.07, 6.45) is -6.70. The van der Waals surface area contributed by atoms with E-state index in [0.717, 1.165) is 18.7 Å². The van der Waals surface area contributed by atoms with E-state index in [2.05, 4.69) is 74.1 Å². The molecule has 638 valence electrons. The van der Waals surface area contributed by atoms with E-state index in [1.54, 1.807) is 68.4 Å². The fourth-order valence-electron chi connectivity index (χ4n) is 11.9. The van der Waals surface area contributed by atoms with Crippen LogP contribution in [0.25, 0.3) is 10.9 Å². The zero-order chi connectivity index (χ0) is 86.6. The Morgan fingerprint density at radius 1 is 0.500 bits per heavy atom. The van der Waals surface area contributed by atoms with Crippen LogP contribution in [0.4, 0.5) is 0 Å². The maximum Gasteiger partial charge on any atom is 0.326 e. The molecule has 1 aliphatic heterocycles. The van der Waals surface area contributed by atoms with Crippen molar-refractivity contribution in [2.45, 2.75) is 202 Å². The molecule has 3 aromatic rings. The summed E-state index contributed by atoms with van der Waals surface area (Å²) in [6.45, 7) is 2.15. The van der Waals surface area contributed by atoms with Crippen LogP contribution in [0.1, 0.15) is 116 Å². The summed E-state index contributed by atoms with van der Waals surface area (Å²) in [5, 5.41) is 99.9. The smallest absolute Gasteiger partial charge is 0.326 e. The zero-order valence-electron chi connectivity index (χ0n) is 64.1. The second kappa shape index (κ2) is 48.0.